The smallest absolute Gasteiger partial charge is 0.419 e. The van der Waals surface area contributed by atoms with Crippen LogP contribution in [0.1, 0.15) is 79.1 Å². The van der Waals surface area contributed by atoms with Crippen LogP contribution in [0, 0.1) is 31.5 Å². The highest BCUT2D eigenvalue weighted by molar-refractivity contribution is 5.82. The van der Waals surface area contributed by atoms with E-state index in [9.17, 15) is 40.7 Å². The van der Waals surface area contributed by atoms with Crippen molar-refractivity contribution < 1.29 is 49.8 Å². The molecule has 1 amide bonds. The molecule has 1 N–H and O–H groups in total. The van der Waals surface area contributed by atoms with Gasteiger partial charge >= 0.3 is 18.3 Å². The molecule has 2 heterocycles. The molecule has 0 spiro atoms. The number of aryl methyl sites for hydroxylation is 2. The molecule has 296 valence electrons. The van der Waals surface area contributed by atoms with E-state index < -0.39 is 70.8 Å². The molecule has 1 aliphatic heterocycles. The van der Waals surface area contributed by atoms with Crippen molar-refractivity contribution in [3.05, 3.63) is 92.1 Å². The molecule has 2 aromatic carbocycles. The summed E-state index contributed by atoms with van der Waals surface area (Å²) in [6.45, 7) is 10.1. The minimum Gasteiger partial charge on any atom is -0.466 e. The highest BCUT2D eigenvalue weighted by Crippen LogP contribution is 2.40. The first-order chi connectivity index (χ1) is 25.2. The number of halogens is 7. The van der Waals surface area contributed by atoms with Crippen LogP contribution in [0.15, 0.2) is 47.4 Å². The van der Waals surface area contributed by atoms with E-state index in [4.69, 9.17) is 9.47 Å². The van der Waals surface area contributed by atoms with Crippen LogP contribution in [0.25, 0.3) is 11.1 Å². The summed E-state index contributed by atoms with van der Waals surface area (Å²) in [5.74, 6) is -3.77. The molecule has 54 heavy (non-hydrogen) atoms. The van der Waals surface area contributed by atoms with Gasteiger partial charge < -0.3 is 24.3 Å². The maximum absolute atomic E-state index is 16.1. The first kappa shape index (κ1) is 42.5. The molecule has 15 heteroatoms. The van der Waals surface area contributed by atoms with Crippen molar-refractivity contribution in [2.24, 2.45) is 11.8 Å². The van der Waals surface area contributed by atoms with Gasteiger partial charge in [0.05, 0.1) is 36.8 Å². The van der Waals surface area contributed by atoms with Crippen molar-refractivity contribution in [1.29, 1.82) is 0 Å². The largest absolute Gasteiger partial charge is 0.466 e. The number of likely N-dealkylation sites (tertiary alicyclic amines) is 1. The van der Waals surface area contributed by atoms with E-state index in [-0.39, 0.29) is 49.0 Å². The van der Waals surface area contributed by atoms with Gasteiger partial charge in [0.15, 0.2) is 0 Å². The monoisotopic (exact) mass is 769 g/mol. The Hall–Kier alpha value is -4.24. The number of amides is 1. The normalized spacial score (nSPS) is 15.2. The first-order valence-corrected chi connectivity index (χ1v) is 17.7. The lowest BCUT2D eigenvalue weighted by Gasteiger charge is -2.39. The summed E-state index contributed by atoms with van der Waals surface area (Å²) in [6.07, 6.45) is -10.0. The van der Waals surface area contributed by atoms with Crippen LogP contribution in [0.2, 0.25) is 0 Å². The third-order valence-corrected chi connectivity index (χ3v) is 9.48. The average molecular weight is 770 g/mol. The fourth-order valence-electron chi connectivity index (χ4n) is 6.99. The van der Waals surface area contributed by atoms with Gasteiger partial charge in [-0.25, -0.2) is 4.39 Å². The standard InChI is InChI=1S/C39H46F7N3O5/c1-7-54-34(51)17-31(28-14-27(15-30(36(28)40)39(44,45)46)35-23(4)9-8-10-24(35)5)47-37(52)32(13-22(2)3)49-20-26(29(16-33(49)50)38(41,42)43)11-12-48-18-25(19-48)21-53-6/h8-10,14-16,20,22,25,31-32H,7,11-13,17-19,21H2,1-6H3,(H,47,52)/t31-,32?/m0/s1. The van der Waals surface area contributed by atoms with Crippen molar-refractivity contribution in [2.75, 3.05) is 40.0 Å². The molecule has 0 bridgehead atoms. The van der Waals surface area contributed by atoms with Gasteiger partial charge in [-0.05, 0) is 79.5 Å². The number of aromatic nitrogens is 1. The Balaban J connectivity index is 1.82. The molecule has 8 nitrogen and oxygen atoms in total. The van der Waals surface area contributed by atoms with Gasteiger partial charge in [0.2, 0.25) is 5.91 Å². The van der Waals surface area contributed by atoms with Crippen LogP contribution in [0.4, 0.5) is 30.7 Å². The van der Waals surface area contributed by atoms with Gasteiger partial charge in [-0.1, -0.05) is 32.0 Å². The Morgan fingerprint density at radius 3 is 2.17 bits per heavy atom. The van der Waals surface area contributed by atoms with Gasteiger partial charge in [-0.3, -0.25) is 14.4 Å². The SMILES string of the molecule is CCOC(=O)C[C@H](NC(=O)C(CC(C)C)n1cc(CCN2CC(COC)C2)c(C(F)(F)F)cc1=O)c1cc(-c2c(C)cccc2C)cc(C(F)(F)F)c1F. The molecule has 0 radical (unpaired) electrons. The molecule has 1 saturated heterocycles. The number of benzene rings is 2. The maximum atomic E-state index is 16.1. The number of ether oxygens (including phenoxy) is 2. The van der Waals surface area contributed by atoms with Gasteiger partial charge in [0.25, 0.3) is 5.56 Å². The Morgan fingerprint density at radius 1 is 0.981 bits per heavy atom. The summed E-state index contributed by atoms with van der Waals surface area (Å²) < 4.78 is 113. The lowest BCUT2D eigenvalue weighted by Crippen LogP contribution is -2.49. The molecule has 0 aliphatic carbocycles. The molecular weight excluding hydrogens is 723 g/mol. The van der Waals surface area contributed by atoms with E-state index in [1.54, 1.807) is 53.0 Å². The Morgan fingerprint density at radius 2 is 1.61 bits per heavy atom. The number of carbonyl (C=O) groups excluding carboxylic acids is 2. The lowest BCUT2D eigenvalue weighted by molar-refractivity contribution is -0.144. The zero-order valence-corrected chi connectivity index (χ0v) is 31.1. The second-order valence-electron chi connectivity index (χ2n) is 14.2. The summed E-state index contributed by atoms with van der Waals surface area (Å²) in [6, 6.07) is 4.07. The molecule has 4 rings (SSSR count). The fraction of sp³-hybridized carbons (Fsp3) is 0.513. The van der Waals surface area contributed by atoms with Crippen LogP contribution < -0.4 is 10.9 Å². The van der Waals surface area contributed by atoms with E-state index in [0.29, 0.717) is 48.5 Å². The zero-order valence-electron chi connectivity index (χ0n) is 31.1. The predicted molar refractivity (Wildman–Crippen MR) is 188 cm³/mol. The number of alkyl halides is 6. The van der Waals surface area contributed by atoms with Crippen LogP contribution in [0.5, 0.6) is 0 Å². The van der Waals surface area contributed by atoms with Crippen LogP contribution in [0.3, 0.4) is 0 Å². The van der Waals surface area contributed by atoms with Gasteiger partial charge in [-0.15, -0.1) is 0 Å². The average Bonchev–Trinajstić information content (AvgIpc) is 3.04. The summed E-state index contributed by atoms with van der Waals surface area (Å²) >= 11 is 0. The molecule has 1 fully saturated rings. The van der Waals surface area contributed by atoms with E-state index >= 15 is 4.39 Å². The summed E-state index contributed by atoms with van der Waals surface area (Å²) in [4.78, 5) is 42.4. The molecular formula is C39H46F7N3O5. The van der Waals surface area contributed by atoms with Crippen molar-refractivity contribution >= 4 is 11.9 Å². The van der Waals surface area contributed by atoms with E-state index in [1.807, 2.05) is 4.90 Å². The van der Waals surface area contributed by atoms with Crippen molar-refractivity contribution in [3.63, 3.8) is 0 Å². The Bertz CT molecular complexity index is 1850. The van der Waals surface area contributed by atoms with Gasteiger partial charge in [0, 0.05) is 50.5 Å². The predicted octanol–water partition coefficient (Wildman–Crippen LogP) is 7.83. The Kier molecular flexibility index (Phi) is 13.8. The zero-order chi connectivity index (χ0) is 40.1. The highest BCUT2D eigenvalue weighted by Gasteiger charge is 2.39. The number of carbonyl (C=O) groups is 2. The second-order valence-corrected chi connectivity index (χ2v) is 14.2. The molecule has 2 atom stereocenters. The topological polar surface area (TPSA) is 89.9 Å². The molecule has 0 saturated carbocycles. The number of hydrogen-bond acceptors (Lipinski definition) is 6. The number of rotatable bonds is 15. The maximum Gasteiger partial charge on any atom is 0.419 e. The van der Waals surface area contributed by atoms with Crippen molar-refractivity contribution in [2.45, 2.75) is 78.3 Å². The summed E-state index contributed by atoms with van der Waals surface area (Å²) in [7, 11) is 1.56. The molecule has 1 aliphatic rings. The third kappa shape index (κ3) is 10.3. The number of methoxy groups -OCH3 is 1. The number of pyridine rings is 1. The second kappa shape index (κ2) is 17.5. The molecule has 1 aromatic heterocycles. The van der Waals surface area contributed by atoms with Crippen LogP contribution >= 0.6 is 0 Å². The Labute approximate surface area is 309 Å². The number of hydrogen-bond donors (Lipinski definition) is 1. The minimum absolute atomic E-state index is 0.0180. The van der Waals surface area contributed by atoms with Gasteiger partial charge in [0.1, 0.15) is 11.9 Å². The molecule has 1 unspecified atom stereocenters. The van der Waals surface area contributed by atoms with E-state index in [2.05, 4.69) is 5.32 Å². The highest BCUT2D eigenvalue weighted by atomic mass is 19.4. The number of nitrogens with one attached hydrogen (secondary N) is 1. The van der Waals surface area contributed by atoms with E-state index in [1.165, 1.54) is 6.92 Å². The lowest BCUT2D eigenvalue weighted by atomic mass is 9.90. The van der Waals surface area contributed by atoms with Crippen LogP contribution in [-0.4, -0.2) is 61.3 Å². The molecule has 3 aromatic rings. The minimum atomic E-state index is -5.17. The quantitative estimate of drug-likeness (QED) is 0.125. The van der Waals surface area contributed by atoms with Crippen LogP contribution in [-0.2, 0) is 37.8 Å². The first-order valence-electron chi connectivity index (χ1n) is 17.7. The summed E-state index contributed by atoms with van der Waals surface area (Å²) in [5, 5.41) is 2.48. The summed E-state index contributed by atoms with van der Waals surface area (Å²) in [5.41, 5.74) is -3.26. The number of nitrogens with zero attached hydrogens (tertiary/aromatic N) is 2. The van der Waals surface area contributed by atoms with Crippen molar-refractivity contribution in [1.82, 2.24) is 14.8 Å². The van der Waals surface area contributed by atoms with Crippen molar-refractivity contribution in [3.8, 4) is 11.1 Å². The third-order valence-electron chi connectivity index (χ3n) is 9.48. The number of esters is 1. The van der Waals surface area contributed by atoms with Gasteiger partial charge in [-0.2, -0.15) is 26.3 Å². The van der Waals surface area contributed by atoms with E-state index in [0.717, 1.165) is 16.8 Å². The fourth-order valence-corrected chi connectivity index (χ4v) is 6.99.